The zero-order valence-corrected chi connectivity index (χ0v) is 13.7. The van der Waals surface area contributed by atoms with Crippen molar-refractivity contribution in [3.05, 3.63) is 29.6 Å². The molecule has 2 nitrogen and oxygen atoms in total. The van der Waals surface area contributed by atoms with Gasteiger partial charge in [-0.05, 0) is 57.4 Å². The van der Waals surface area contributed by atoms with E-state index in [9.17, 15) is 4.39 Å². The predicted molar refractivity (Wildman–Crippen MR) is 88.3 cm³/mol. The first kappa shape index (κ1) is 16.3. The number of nitrogens with zero attached hydrogens (tertiary/aromatic N) is 1. The van der Waals surface area contributed by atoms with Gasteiger partial charge in [0.05, 0.1) is 0 Å². The van der Waals surface area contributed by atoms with Gasteiger partial charge >= 0.3 is 0 Å². The third kappa shape index (κ3) is 5.31. The van der Waals surface area contributed by atoms with E-state index in [0.29, 0.717) is 6.54 Å². The van der Waals surface area contributed by atoms with Crippen LogP contribution in [0.3, 0.4) is 0 Å². The standard InChI is InChI=1S/C18H29FN2/c1-18(2,3)20-14-15-13-16(19)9-10-17(15)21-11-7-5-4-6-8-12-21/h9-10,13,20H,4-8,11-12,14H2,1-3H3. The molecule has 0 unspecified atom stereocenters. The molecule has 0 aliphatic carbocycles. The SMILES string of the molecule is CC(C)(C)NCc1cc(F)ccc1N1CCCCCCC1. The second-order valence-corrected chi connectivity index (χ2v) is 7.13. The van der Waals surface area contributed by atoms with Gasteiger partial charge in [-0.25, -0.2) is 4.39 Å². The van der Waals surface area contributed by atoms with Gasteiger partial charge in [0, 0.05) is 30.9 Å². The Kier molecular flexibility index (Phi) is 5.63. The lowest BCUT2D eigenvalue weighted by Crippen LogP contribution is -2.36. The summed E-state index contributed by atoms with van der Waals surface area (Å²) in [6.07, 6.45) is 6.46. The maximum atomic E-state index is 13.6. The number of anilines is 1. The van der Waals surface area contributed by atoms with Crippen molar-refractivity contribution >= 4 is 5.69 Å². The Labute approximate surface area is 128 Å². The molecule has 0 radical (unpaired) electrons. The lowest BCUT2D eigenvalue weighted by atomic mass is 10.0. The molecule has 1 N–H and O–H groups in total. The van der Waals surface area contributed by atoms with Crippen LogP contribution in [0.1, 0.15) is 58.4 Å². The first-order valence-corrected chi connectivity index (χ1v) is 8.24. The summed E-state index contributed by atoms with van der Waals surface area (Å²) in [5.74, 6) is -0.142. The Morgan fingerprint density at radius 1 is 1.05 bits per heavy atom. The quantitative estimate of drug-likeness (QED) is 0.883. The van der Waals surface area contributed by atoms with E-state index in [1.807, 2.05) is 6.07 Å². The van der Waals surface area contributed by atoms with Crippen molar-refractivity contribution in [1.29, 1.82) is 0 Å². The summed E-state index contributed by atoms with van der Waals surface area (Å²) in [6.45, 7) is 9.32. The van der Waals surface area contributed by atoms with Crippen LogP contribution in [0.4, 0.5) is 10.1 Å². The number of benzene rings is 1. The zero-order chi connectivity index (χ0) is 15.3. The zero-order valence-electron chi connectivity index (χ0n) is 13.7. The van der Waals surface area contributed by atoms with Gasteiger partial charge in [0.2, 0.25) is 0 Å². The predicted octanol–water partition coefficient (Wildman–Crippen LogP) is 4.48. The van der Waals surface area contributed by atoms with Gasteiger partial charge in [-0.3, -0.25) is 0 Å². The Morgan fingerprint density at radius 2 is 1.67 bits per heavy atom. The number of hydrogen-bond acceptors (Lipinski definition) is 2. The smallest absolute Gasteiger partial charge is 0.123 e. The number of hydrogen-bond donors (Lipinski definition) is 1. The summed E-state index contributed by atoms with van der Waals surface area (Å²) >= 11 is 0. The third-order valence-corrected chi connectivity index (χ3v) is 4.05. The molecule has 1 fully saturated rings. The molecule has 0 aromatic heterocycles. The number of nitrogens with one attached hydrogen (secondary N) is 1. The van der Waals surface area contributed by atoms with E-state index in [0.717, 1.165) is 18.7 Å². The molecule has 1 aromatic rings. The van der Waals surface area contributed by atoms with Gasteiger partial charge in [-0.2, -0.15) is 0 Å². The van der Waals surface area contributed by atoms with Gasteiger partial charge in [0.25, 0.3) is 0 Å². The van der Waals surface area contributed by atoms with Crippen molar-refractivity contribution in [1.82, 2.24) is 5.32 Å². The van der Waals surface area contributed by atoms with E-state index in [4.69, 9.17) is 0 Å². The molecule has 2 rings (SSSR count). The highest BCUT2D eigenvalue weighted by Crippen LogP contribution is 2.25. The molecule has 118 valence electrons. The molecule has 0 amide bonds. The molecule has 0 bridgehead atoms. The summed E-state index contributed by atoms with van der Waals surface area (Å²) in [4.78, 5) is 2.44. The highest BCUT2D eigenvalue weighted by molar-refractivity contribution is 5.54. The first-order valence-electron chi connectivity index (χ1n) is 8.24. The molecule has 0 spiro atoms. The van der Waals surface area contributed by atoms with Crippen molar-refractivity contribution in [3.63, 3.8) is 0 Å². The molecule has 0 atom stereocenters. The second-order valence-electron chi connectivity index (χ2n) is 7.13. The van der Waals surface area contributed by atoms with Gasteiger partial charge in [-0.15, -0.1) is 0 Å². The minimum absolute atomic E-state index is 0.0415. The molecular weight excluding hydrogens is 263 g/mol. The van der Waals surface area contributed by atoms with E-state index < -0.39 is 0 Å². The molecule has 1 aliphatic heterocycles. The molecule has 0 saturated carbocycles. The lowest BCUT2D eigenvalue weighted by molar-refractivity contribution is 0.423. The number of halogens is 1. The fourth-order valence-corrected chi connectivity index (χ4v) is 2.85. The normalized spacial score (nSPS) is 17.4. The van der Waals surface area contributed by atoms with E-state index in [2.05, 4.69) is 31.0 Å². The van der Waals surface area contributed by atoms with Crippen LogP contribution in [0.25, 0.3) is 0 Å². The average molecular weight is 292 g/mol. The Morgan fingerprint density at radius 3 is 2.29 bits per heavy atom. The van der Waals surface area contributed by atoms with Crippen LogP contribution < -0.4 is 10.2 Å². The summed E-state index contributed by atoms with van der Waals surface area (Å²) < 4.78 is 13.6. The van der Waals surface area contributed by atoms with Crippen molar-refractivity contribution in [2.45, 2.75) is 65.0 Å². The van der Waals surface area contributed by atoms with Crippen LogP contribution in [0, 0.1) is 5.82 Å². The lowest BCUT2D eigenvalue weighted by Gasteiger charge is -2.30. The van der Waals surface area contributed by atoms with Gasteiger partial charge < -0.3 is 10.2 Å². The Hall–Kier alpha value is -1.09. The summed E-state index contributed by atoms with van der Waals surface area (Å²) in [6, 6.07) is 5.23. The van der Waals surface area contributed by atoms with Crippen molar-refractivity contribution in [2.75, 3.05) is 18.0 Å². The minimum Gasteiger partial charge on any atom is -0.371 e. The Balaban J connectivity index is 2.16. The van der Waals surface area contributed by atoms with Crippen molar-refractivity contribution < 1.29 is 4.39 Å². The highest BCUT2D eigenvalue weighted by Gasteiger charge is 2.15. The van der Waals surface area contributed by atoms with E-state index >= 15 is 0 Å². The van der Waals surface area contributed by atoms with Crippen LogP contribution in [-0.2, 0) is 6.54 Å². The first-order chi connectivity index (χ1) is 9.96. The molecule has 21 heavy (non-hydrogen) atoms. The molecule has 1 saturated heterocycles. The Bertz CT molecular complexity index is 443. The van der Waals surface area contributed by atoms with E-state index in [-0.39, 0.29) is 11.4 Å². The molecule has 1 aromatic carbocycles. The van der Waals surface area contributed by atoms with Crippen LogP contribution in [0.15, 0.2) is 18.2 Å². The van der Waals surface area contributed by atoms with E-state index in [1.54, 1.807) is 12.1 Å². The highest BCUT2D eigenvalue weighted by atomic mass is 19.1. The van der Waals surface area contributed by atoms with Gasteiger partial charge in [0.15, 0.2) is 0 Å². The molecule has 1 aliphatic rings. The monoisotopic (exact) mass is 292 g/mol. The van der Waals surface area contributed by atoms with Crippen molar-refractivity contribution in [2.24, 2.45) is 0 Å². The maximum absolute atomic E-state index is 13.6. The molecular formula is C18H29FN2. The van der Waals surface area contributed by atoms with Crippen LogP contribution in [-0.4, -0.2) is 18.6 Å². The van der Waals surface area contributed by atoms with Crippen LogP contribution >= 0.6 is 0 Å². The summed E-state index contributed by atoms with van der Waals surface area (Å²) in [7, 11) is 0. The maximum Gasteiger partial charge on any atom is 0.123 e. The topological polar surface area (TPSA) is 15.3 Å². The average Bonchev–Trinajstić information content (AvgIpc) is 2.36. The summed E-state index contributed by atoms with van der Waals surface area (Å²) in [5, 5.41) is 3.48. The van der Waals surface area contributed by atoms with Crippen LogP contribution in [0.2, 0.25) is 0 Å². The van der Waals surface area contributed by atoms with E-state index in [1.165, 1.54) is 37.8 Å². The third-order valence-electron chi connectivity index (χ3n) is 4.05. The minimum atomic E-state index is -0.142. The van der Waals surface area contributed by atoms with Gasteiger partial charge in [0.1, 0.15) is 5.82 Å². The van der Waals surface area contributed by atoms with Gasteiger partial charge in [-0.1, -0.05) is 19.3 Å². The summed E-state index contributed by atoms with van der Waals surface area (Å²) in [5.41, 5.74) is 2.32. The largest absolute Gasteiger partial charge is 0.371 e. The fraction of sp³-hybridized carbons (Fsp3) is 0.667. The molecule has 3 heteroatoms. The number of rotatable bonds is 3. The van der Waals surface area contributed by atoms with Crippen molar-refractivity contribution in [3.8, 4) is 0 Å². The van der Waals surface area contributed by atoms with Crippen LogP contribution in [0.5, 0.6) is 0 Å². The second kappa shape index (κ2) is 7.26. The molecule has 1 heterocycles. The fourth-order valence-electron chi connectivity index (χ4n) is 2.85.